The van der Waals surface area contributed by atoms with Crippen LogP contribution in [-0.4, -0.2) is 18.5 Å². The second-order valence-corrected chi connectivity index (χ2v) is 11.4. The summed E-state index contributed by atoms with van der Waals surface area (Å²) in [5.74, 6) is 0.601. The van der Waals surface area contributed by atoms with Gasteiger partial charge < -0.3 is 9.05 Å². The van der Waals surface area contributed by atoms with Gasteiger partial charge in [0.05, 0.1) is 11.1 Å². The molecular weight excluding hydrogens is 425 g/mol. The monoisotopic (exact) mass is 453 g/mol. The van der Waals surface area contributed by atoms with E-state index in [0.717, 1.165) is 37.0 Å². The van der Waals surface area contributed by atoms with Crippen molar-refractivity contribution < 1.29 is 23.2 Å². The van der Waals surface area contributed by atoms with Gasteiger partial charge in [0.15, 0.2) is 0 Å². The second-order valence-electron chi connectivity index (χ2n) is 9.74. The van der Waals surface area contributed by atoms with Crippen molar-refractivity contribution in [1.29, 1.82) is 0 Å². The fraction of sp³-hybridized carbons (Fsp3) is 0.440. The first-order valence-electron chi connectivity index (χ1n) is 11.4. The van der Waals surface area contributed by atoms with Crippen molar-refractivity contribution >= 4 is 19.7 Å². The van der Waals surface area contributed by atoms with E-state index in [4.69, 9.17) is 9.05 Å². The lowest BCUT2D eigenvalue weighted by Crippen LogP contribution is -2.50. The molecule has 0 aliphatic heterocycles. The van der Waals surface area contributed by atoms with E-state index in [2.05, 4.69) is 5.09 Å². The molecule has 7 heteroatoms. The highest BCUT2D eigenvalue weighted by molar-refractivity contribution is 7.52. The Bertz CT molecular complexity index is 946. The molecule has 0 aromatic heterocycles. The van der Waals surface area contributed by atoms with Gasteiger partial charge in [0, 0.05) is 6.54 Å². The quantitative estimate of drug-likeness (QED) is 0.549. The van der Waals surface area contributed by atoms with Crippen molar-refractivity contribution in [2.24, 2.45) is 23.2 Å². The molecule has 6 rings (SSSR count). The van der Waals surface area contributed by atoms with Crippen molar-refractivity contribution in [3.8, 4) is 0 Å². The second kappa shape index (κ2) is 8.49. The molecule has 0 atom stereocenters. The number of nitrogens with one attached hydrogen (secondary N) is 1. The molecule has 4 aliphatic rings. The Hall–Kier alpha value is -2.43. The highest BCUT2D eigenvalue weighted by Crippen LogP contribution is 2.60. The van der Waals surface area contributed by atoms with E-state index in [1.54, 1.807) is 60.7 Å². The van der Waals surface area contributed by atoms with Crippen LogP contribution in [0.25, 0.3) is 0 Å². The number of hydrogen-bond donors (Lipinski definition) is 1. The van der Waals surface area contributed by atoms with Crippen LogP contribution in [0.3, 0.4) is 0 Å². The van der Waals surface area contributed by atoms with Gasteiger partial charge in [-0.15, -0.1) is 0 Å². The first kappa shape index (κ1) is 21.4. The molecule has 6 nitrogen and oxygen atoms in total. The van der Waals surface area contributed by atoms with Gasteiger partial charge in [0.25, 0.3) is 0 Å². The van der Waals surface area contributed by atoms with Gasteiger partial charge in [-0.2, -0.15) is 0 Å². The Labute approximate surface area is 188 Å². The third kappa shape index (κ3) is 4.53. The molecule has 4 aliphatic carbocycles. The normalized spacial score (nSPS) is 28.3. The summed E-state index contributed by atoms with van der Waals surface area (Å²) >= 11 is 0. The smallest absolute Gasteiger partial charge is 0.367 e. The van der Waals surface area contributed by atoms with E-state index in [1.165, 1.54) is 19.3 Å². The SMILES string of the molecule is O=C(OP(=O)(NCC12CC3CC(CC(C3)C1)C2)OC(=O)c1ccccc1)c1ccccc1. The van der Waals surface area contributed by atoms with E-state index < -0.39 is 19.7 Å². The first-order chi connectivity index (χ1) is 15.4. The number of rotatable bonds is 7. The molecule has 2 aromatic rings. The highest BCUT2D eigenvalue weighted by atomic mass is 31.2. The highest BCUT2D eigenvalue weighted by Gasteiger charge is 2.51. The number of hydrogen-bond acceptors (Lipinski definition) is 5. The summed E-state index contributed by atoms with van der Waals surface area (Å²) in [6.45, 7) is 0.415. The molecule has 0 unspecified atom stereocenters. The van der Waals surface area contributed by atoms with Crippen molar-refractivity contribution in [2.45, 2.75) is 38.5 Å². The van der Waals surface area contributed by atoms with Gasteiger partial charge in [0.1, 0.15) is 0 Å². The first-order valence-corrected chi connectivity index (χ1v) is 12.9. The topological polar surface area (TPSA) is 81.7 Å². The average molecular weight is 453 g/mol. The van der Waals surface area contributed by atoms with Crippen LogP contribution in [0.2, 0.25) is 0 Å². The zero-order valence-electron chi connectivity index (χ0n) is 17.9. The molecule has 0 radical (unpaired) electrons. The molecule has 4 bridgehead atoms. The molecule has 2 aromatic carbocycles. The van der Waals surface area contributed by atoms with Crippen LogP contribution < -0.4 is 5.09 Å². The Morgan fingerprint density at radius 2 is 1.19 bits per heavy atom. The summed E-state index contributed by atoms with van der Waals surface area (Å²) in [6, 6.07) is 16.6. The van der Waals surface area contributed by atoms with Crippen LogP contribution in [0.5, 0.6) is 0 Å². The molecule has 0 saturated heterocycles. The minimum absolute atomic E-state index is 0.0305. The fourth-order valence-corrected chi connectivity index (χ4v) is 7.67. The van der Waals surface area contributed by atoms with Crippen molar-refractivity contribution in [1.82, 2.24) is 5.09 Å². The van der Waals surface area contributed by atoms with Crippen LogP contribution >= 0.6 is 7.75 Å². The Morgan fingerprint density at radius 3 is 1.59 bits per heavy atom. The van der Waals surface area contributed by atoms with Gasteiger partial charge >= 0.3 is 19.7 Å². The summed E-state index contributed by atoms with van der Waals surface area (Å²) < 4.78 is 24.4. The number of carbonyl (C=O) groups excluding carboxylic acids is 2. The number of benzene rings is 2. The van der Waals surface area contributed by atoms with Gasteiger partial charge in [-0.1, -0.05) is 36.4 Å². The Balaban J connectivity index is 1.34. The molecule has 4 saturated carbocycles. The average Bonchev–Trinajstić information content (AvgIpc) is 2.78. The predicted octanol–water partition coefficient (Wildman–Crippen LogP) is 5.61. The third-order valence-corrected chi connectivity index (χ3v) is 8.60. The lowest BCUT2D eigenvalue weighted by Gasteiger charge is -2.57. The van der Waals surface area contributed by atoms with E-state index in [-0.39, 0.29) is 16.5 Å². The van der Waals surface area contributed by atoms with Gasteiger partial charge in [-0.3, -0.25) is 0 Å². The summed E-state index contributed by atoms with van der Waals surface area (Å²) in [6.07, 6.45) is 7.15. The molecule has 4 fully saturated rings. The summed E-state index contributed by atoms with van der Waals surface area (Å²) in [5.41, 5.74) is 0.531. The molecule has 1 N–H and O–H groups in total. The maximum atomic E-state index is 13.7. The zero-order chi connectivity index (χ0) is 22.2. The molecule has 0 heterocycles. The van der Waals surface area contributed by atoms with E-state index >= 15 is 0 Å². The molecule has 168 valence electrons. The maximum absolute atomic E-state index is 13.7. The minimum Gasteiger partial charge on any atom is -0.367 e. The molecule has 0 amide bonds. The molecular formula is C25H28NO5P. The lowest BCUT2D eigenvalue weighted by molar-refractivity contribution is -0.0495. The van der Waals surface area contributed by atoms with Crippen LogP contribution in [0.4, 0.5) is 0 Å². The van der Waals surface area contributed by atoms with Crippen molar-refractivity contribution in [3.63, 3.8) is 0 Å². The van der Waals surface area contributed by atoms with Crippen molar-refractivity contribution in [2.75, 3.05) is 6.54 Å². The predicted molar refractivity (Wildman–Crippen MR) is 120 cm³/mol. The van der Waals surface area contributed by atoms with Gasteiger partial charge in [-0.25, -0.2) is 19.2 Å². The van der Waals surface area contributed by atoms with Crippen LogP contribution in [0, 0.1) is 23.2 Å². The third-order valence-electron chi connectivity index (χ3n) is 7.24. The van der Waals surface area contributed by atoms with Crippen LogP contribution in [0.1, 0.15) is 59.2 Å². The summed E-state index contributed by atoms with van der Waals surface area (Å²) in [7, 11) is -4.23. The van der Waals surface area contributed by atoms with E-state index in [0.29, 0.717) is 6.54 Å². The van der Waals surface area contributed by atoms with E-state index in [9.17, 15) is 14.2 Å². The van der Waals surface area contributed by atoms with E-state index in [1.807, 2.05) is 0 Å². The molecule has 32 heavy (non-hydrogen) atoms. The largest absolute Gasteiger partial charge is 0.517 e. The standard InChI is InChI=1S/C25H28NO5P/c27-23(21-7-3-1-4-8-21)30-32(29,31-24(28)22-9-5-2-6-10-22)26-17-25-14-18-11-19(15-25)13-20(12-18)16-25/h1-10,18-20H,11-17H2,(H,26,29). The van der Waals surface area contributed by atoms with Crippen LogP contribution in [-0.2, 0) is 13.6 Å². The lowest BCUT2D eigenvalue weighted by atomic mass is 9.50. The zero-order valence-corrected chi connectivity index (χ0v) is 18.8. The number of carbonyl (C=O) groups is 2. The Kier molecular flexibility index (Phi) is 5.68. The maximum Gasteiger partial charge on any atom is 0.517 e. The molecule has 0 spiro atoms. The summed E-state index contributed by atoms with van der Waals surface area (Å²) in [5, 5.41) is 2.92. The van der Waals surface area contributed by atoms with Gasteiger partial charge in [-0.05, 0) is 86.0 Å². The fourth-order valence-electron chi connectivity index (χ4n) is 6.33. The van der Waals surface area contributed by atoms with Crippen LogP contribution in [0.15, 0.2) is 60.7 Å². The summed E-state index contributed by atoms with van der Waals surface area (Å²) in [4.78, 5) is 25.4. The Morgan fingerprint density at radius 1 is 0.781 bits per heavy atom. The van der Waals surface area contributed by atoms with Crippen molar-refractivity contribution in [3.05, 3.63) is 71.8 Å². The van der Waals surface area contributed by atoms with Gasteiger partial charge in [0.2, 0.25) is 0 Å². The minimum atomic E-state index is -4.23.